The van der Waals surface area contributed by atoms with Crippen molar-refractivity contribution in [3.05, 3.63) is 129 Å². The number of sulfonamides is 1. The zero-order chi connectivity index (χ0) is 33.6. The van der Waals surface area contributed by atoms with E-state index < -0.39 is 28.5 Å². The lowest BCUT2D eigenvalue weighted by molar-refractivity contribution is -0.140. The molecule has 0 aliphatic heterocycles. The molecule has 2 amide bonds. The summed E-state index contributed by atoms with van der Waals surface area (Å²) >= 11 is 10.0. The van der Waals surface area contributed by atoms with Crippen LogP contribution in [0, 0.1) is 13.8 Å². The molecule has 0 spiro atoms. The number of carbonyl (C=O) groups excluding carboxylic acids is 2. The molecule has 1 N–H and O–H groups in total. The highest BCUT2D eigenvalue weighted by molar-refractivity contribution is 9.10. The second-order valence-electron chi connectivity index (χ2n) is 12.1. The van der Waals surface area contributed by atoms with E-state index in [4.69, 9.17) is 11.6 Å². The molecule has 47 heavy (non-hydrogen) atoms. The summed E-state index contributed by atoms with van der Waals surface area (Å²) in [6, 6.07) is 27.8. The Balaban J connectivity index is 1.59. The van der Waals surface area contributed by atoms with Crippen LogP contribution in [0.3, 0.4) is 0 Å². The van der Waals surface area contributed by atoms with E-state index in [1.807, 2.05) is 61.5 Å². The molecule has 0 bridgehead atoms. The van der Waals surface area contributed by atoms with Gasteiger partial charge in [-0.05, 0) is 79.8 Å². The van der Waals surface area contributed by atoms with Crippen LogP contribution in [-0.2, 0) is 32.6 Å². The molecule has 1 aliphatic rings. The Bertz CT molecular complexity index is 1810. The van der Waals surface area contributed by atoms with Crippen molar-refractivity contribution in [1.82, 2.24) is 10.2 Å². The molecule has 0 aromatic heterocycles. The van der Waals surface area contributed by atoms with Gasteiger partial charge in [-0.25, -0.2) is 8.42 Å². The lowest BCUT2D eigenvalue weighted by atomic mass is 10.0. The number of hydrogen-bond donors (Lipinski definition) is 1. The molecule has 0 heterocycles. The zero-order valence-electron chi connectivity index (χ0n) is 26.5. The number of amides is 2. The maximum absolute atomic E-state index is 14.7. The molecule has 0 unspecified atom stereocenters. The Morgan fingerprint density at radius 2 is 1.55 bits per heavy atom. The van der Waals surface area contributed by atoms with Crippen molar-refractivity contribution in [2.75, 3.05) is 10.8 Å². The first kappa shape index (κ1) is 34.7. The van der Waals surface area contributed by atoms with Crippen molar-refractivity contribution in [3.63, 3.8) is 0 Å². The van der Waals surface area contributed by atoms with Crippen LogP contribution in [0.4, 0.5) is 5.69 Å². The summed E-state index contributed by atoms with van der Waals surface area (Å²) < 4.78 is 30.6. The first-order chi connectivity index (χ1) is 22.5. The molecule has 7 nitrogen and oxygen atoms in total. The highest BCUT2D eigenvalue weighted by atomic mass is 79.9. The number of benzene rings is 4. The number of anilines is 1. The molecule has 1 saturated carbocycles. The third-order valence-electron chi connectivity index (χ3n) is 8.61. The maximum Gasteiger partial charge on any atom is 0.264 e. The Morgan fingerprint density at radius 1 is 0.894 bits per heavy atom. The lowest BCUT2D eigenvalue weighted by Gasteiger charge is -2.34. The van der Waals surface area contributed by atoms with Gasteiger partial charge in [0, 0.05) is 28.5 Å². The van der Waals surface area contributed by atoms with Gasteiger partial charge in [-0.3, -0.25) is 13.9 Å². The van der Waals surface area contributed by atoms with Gasteiger partial charge in [0.15, 0.2) is 0 Å². The number of nitrogens with zero attached hydrogens (tertiary/aromatic N) is 2. The van der Waals surface area contributed by atoms with Crippen LogP contribution >= 0.6 is 27.5 Å². The molecule has 1 atom stereocenters. The molecular formula is C37H39BrClN3O4S. The monoisotopic (exact) mass is 735 g/mol. The third kappa shape index (κ3) is 8.63. The fourth-order valence-electron chi connectivity index (χ4n) is 5.97. The first-order valence-corrected chi connectivity index (χ1v) is 18.4. The minimum absolute atomic E-state index is 0.0381. The fraction of sp³-hybridized carbons (Fsp3) is 0.297. The van der Waals surface area contributed by atoms with E-state index >= 15 is 0 Å². The largest absolute Gasteiger partial charge is 0.352 e. The van der Waals surface area contributed by atoms with Gasteiger partial charge in [-0.15, -0.1) is 0 Å². The van der Waals surface area contributed by atoms with E-state index in [0.717, 1.165) is 51.2 Å². The van der Waals surface area contributed by atoms with Crippen molar-refractivity contribution >= 4 is 55.1 Å². The third-order valence-corrected chi connectivity index (χ3v) is 11.3. The van der Waals surface area contributed by atoms with Gasteiger partial charge in [0.1, 0.15) is 12.6 Å². The van der Waals surface area contributed by atoms with E-state index in [9.17, 15) is 18.0 Å². The predicted molar refractivity (Wildman–Crippen MR) is 191 cm³/mol. The Morgan fingerprint density at radius 3 is 2.23 bits per heavy atom. The van der Waals surface area contributed by atoms with E-state index in [-0.39, 0.29) is 29.8 Å². The zero-order valence-corrected chi connectivity index (χ0v) is 29.7. The second kappa shape index (κ2) is 15.5. The number of hydrogen-bond acceptors (Lipinski definition) is 4. The van der Waals surface area contributed by atoms with Gasteiger partial charge in [-0.1, -0.05) is 107 Å². The molecule has 4 aromatic carbocycles. The lowest BCUT2D eigenvalue weighted by Crippen LogP contribution is -2.54. The van der Waals surface area contributed by atoms with Gasteiger partial charge in [0.2, 0.25) is 11.8 Å². The standard InChI is InChI=1S/C37H39BrClN3O4S/c1-26-18-20-32(21-19-26)47(45,46)42(34-17-9-16-33(39)27(34)2)25-36(43)41(24-29-12-8-13-30(38)22-29)35(23-28-10-4-3-5-11-28)37(44)40-31-14-6-7-15-31/h3-5,8-13,16-22,31,35H,6-7,14-15,23-25H2,1-2H3,(H,40,44)/t35-/m0/s1. The Kier molecular flexibility index (Phi) is 11.4. The van der Waals surface area contributed by atoms with E-state index in [1.165, 1.54) is 17.0 Å². The maximum atomic E-state index is 14.7. The van der Waals surface area contributed by atoms with Crippen molar-refractivity contribution < 1.29 is 18.0 Å². The predicted octanol–water partition coefficient (Wildman–Crippen LogP) is 7.61. The summed E-state index contributed by atoms with van der Waals surface area (Å²) in [6.07, 6.45) is 4.12. The number of carbonyl (C=O) groups is 2. The van der Waals surface area contributed by atoms with Crippen LogP contribution in [0.1, 0.15) is 47.9 Å². The molecule has 0 saturated heterocycles. The van der Waals surface area contributed by atoms with Crippen LogP contribution in [0.5, 0.6) is 0 Å². The van der Waals surface area contributed by atoms with E-state index in [0.29, 0.717) is 16.3 Å². The molecule has 1 aliphatic carbocycles. The summed E-state index contributed by atoms with van der Waals surface area (Å²) in [5.41, 5.74) is 3.41. The van der Waals surface area contributed by atoms with Crippen LogP contribution < -0.4 is 9.62 Å². The van der Waals surface area contributed by atoms with Crippen molar-refractivity contribution in [2.24, 2.45) is 0 Å². The van der Waals surface area contributed by atoms with Gasteiger partial charge in [0.25, 0.3) is 10.0 Å². The SMILES string of the molecule is Cc1ccc(S(=O)(=O)N(CC(=O)N(Cc2cccc(Br)c2)[C@@H](Cc2ccccc2)C(=O)NC2CCCC2)c2cccc(Cl)c2C)cc1. The first-order valence-electron chi connectivity index (χ1n) is 15.8. The highest BCUT2D eigenvalue weighted by Gasteiger charge is 2.36. The fourth-order valence-corrected chi connectivity index (χ4v) is 8.06. The summed E-state index contributed by atoms with van der Waals surface area (Å²) in [6.45, 7) is 3.17. The molecule has 4 aromatic rings. The quantitative estimate of drug-likeness (QED) is 0.162. The Hall–Kier alpha value is -3.66. The second-order valence-corrected chi connectivity index (χ2v) is 15.2. The van der Waals surface area contributed by atoms with Crippen molar-refractivity contribution in [2.45, 2.75) is 69.5 Å². The van der Waals surface area contributed by atoms with E-state index in [2.05, 4.69) is 21.2 Å². The van der Waals surface area contributed by atoms with Crippen LogP contribution in [0.25, 0.3) is 0 Å². The summed E-state index contributed by atoms with van der Waals surface area (Å²) in [4.78, 5) is 30.4. The van der Waals surface area contributed by atoms with E-state index in [1.54, 1.807) is 37.3 Å². The molecular weight excluding hydrogens is 698 g/mol. The molecule has 246 valence electrons. The van der Waals surface area contributed by atoms with Crippen LogP contribution in [0.15, 0.2) is 106 Å². The summed E-state index contributed by atoms with van der Waals surface area (Å²) in [5.74, 6) is -0.765. The van der Waals surface area contributed by atoms with Crippen LogP contribution in [0.2, 0.25) is 5.02 Å². The Labute approximate surface area is 291 Å². The minimum Gasteiger partial charge on any atom is -0.352 e. The topological polar surface area (TPSA) is 86.8 Å². The number of rotatable bonds is 12. The molecule has 0 radical (unpaired) electrons. The summed E-state index contributed by atoms with van der Waals surface area (Å²) in [5, 5.41) is 3.58. The minimum atomic E-state index is -4.22. The van der Waals surface area contributed by atoms with Gasteiger partial charge >= 0.3 is 0 Å². The molecule has 1 fully saturated rings. The van der Waals surface area contributed by atoms with Crippen LogP contribution in [-0.4, -0.2) is 43.8 Å². The number of aryl methyl sites for hydroxylation is 1. The van der Waals surface area contributed by atoms with Gasteiger partial charge in [0.05, 0.1) is 10.6 Å². The average molecular weight is 737 g/mol. The number of nitrogens with one attached hydrogen (secondary N) is 1. The smallest absolute Gasteiger partial charge is 0.264 e. The average Bonchev–Trinajstić information content (AvgIpc) is 3.56. The van der Waals surface area contributed by atoms with Crippen molar-refractivity contribution in [3.8, 4) is 0 Å². The molecule has 5 rings (SSSR count). The van der Waals surface area contributed by atoms with Gasteiger partial charge in [-0.2, -0.15) is 0 Å². The molecule has 10 heteroatoms. The highest BCUT2D eigenvalue weighted by Crippen LogP contribution is 2.32. The van der Waals surface area contributed by atoms with Gasteiger partial charge < -0.3 is 10.2 Å². The number of halogens is 2. The summed E-state index contributed by atoms with van der Waals surface area (Å²) in [7, 11) is -4.22. The van der Waals surface area contributed by atoms with Crippen molar-refractivity contribution in [1.29, 1.82) is 0 Å². The normalized spacial score (nSPS) is 14.0.